The Morgan fingerprint density at radius 3 is 2.64 bits per heavy atom. The molecule has 28 heavy (non-hydrogen) atoms. The van der Waals surface area contributed by atoms with Crippen molar-refractivity contribution in [3.8, 4) is 5.75 Å². The SMILES string of the molecule is COc1ccc([C@H](O)CN2CC=C(c3cc4nc(C)cc(C)n4n3)CC2)cc1. The van der Waals surface area contributed by atoms with Gasteiger partial charge in [0.25, 0.3) is 0 Å². The van der Waals surface area contributed by atoms with Crippen LogP contribution in [0, 0.1) is 13.8 Å². The summed E-state index contributed by atoms with van der Waals surface area (Å²) in [7, 11) is 1.64. The number of β-amino-alcohol motifs (C(OH)–C–C–N with tert-alkyl or cyclic N) is 1. The zero-order valence-corrected chi connectivity index (χ0v) is 16.6. The third-order valence-electron chi connectivity index (χ3n) is 5.29. The van der Waals surface area contributed by atoms with Gasteiger partial charge in [-0.3, -0.25) is 4.90 Å². The number of fused-ring (bicyclic) bond motifs is 1. The number of aliphatic hydroxyl groups is 1. The molecule has 1 aliphatic rings. The van der Waals surface area contributed by atoms with Crippen LogP contribution >= 0.6 is 0 Å². The second kappa shape index (κ2) is 7.73. The average Bonchev–Trinajstić information content (AvgIpc) is 3.13. The fourth-order valence-corrected chi connectivity index (χ4v) is 3.73. The molecule has 0 fully saturated rings. The molecule has 6 nitrogen and oxygen atoms in total. The summed E-state index contributed by atoms with van der Waals surface area (Å²) in [5.74, 6) is 0.800. The van der Waals surface area contributed by atoms with Gasteiger partial charge in [0.15, 0.2) is 5.65 Å². The number of aryl methyl sites for hydroxylation is 2. The van der Waals surface area contributed by atoms with Crippen molar-refractivity contribution in [2.24, 2.45) is 0 Å². The van der Waals surface area contributed by atoms with Crippen LogP contribution < -0.4 is 4.74 Å². The second-order valence-corrected chi connectivity index (χ2v) is 7.37. The lowest BCUT2D eigenvalue weighted by Crippen LogP contribution is -2.32. The number of benzene rings is 1. The van der Waals surface area contributed by atoms with Crippen LogP contribution in [-0.4, -0.2) is 51.3 Å². The summed E-state index contributed by atoms with van der Waals surface area (Å²) in [6.45, 7) is 6.38. The number of ether oxygens (including phenoxy) is 1. The van der Waals surface area contributed by atoms with Gasteiger partial charge in [0.2, 0.25) is 0 Å². The lowest BCUT2D eigenvalue weighted by molar-refractivity contribution is 0.119. The smallest absolute Gasteiger partial charge is 0.156 e. The summed E-state index contributed by atoms with van der Waals surface area (Å²) in [5, 5.41) is 15.3. The fourth-order valence-electron chi connectivity index (χ4n) is 3.73. The zero-order chi connectivity index (χ0) is 19.7. The molecule has 0 unspecified atom stereocenters. The van der Waals surface area contributed by atoms with Crippen molar-refractivity contribution in [3.05, 3.63) is 65.1 Å². The number of rotatable bonds is 5. The van der Waals surface area contributed by atoms with Crippen LogP contribution in [0.4, 0.5) is 0 Å². The van der Waals surface area contributed by atoms with E-state index in [4.69, 9.17) is 9.84 Å². The number of aromatic nitrogens is 3. The van der Waals surface area contributed by atoms with Gasteiger partial charge in [-0.2, -0.15) is 5.10 Å². The highest BCUT2D eigenvalue weighted by Gasteiger charge is 2.19. The standard InChI is InChI=1S/C22H26N4O2/c1-15-12-16(2)26-22(23-15)13-20(24-26)17-8-10-25(11-9-17)14-21(27)18-4-6-19(28-3)7-5-18/h4-8,12-13,21,27H,9-11,14H2,1-3H3/t21-/m1/s1. The predicted octanol–water partition coefficient (Wildman–Crippen LogP) is 3.18. The first-order valence-corrected chi connectivity index (χ1v) is 9.61. The van der Waals surface area contributed by atoms with Crippen molar-refractivity contribution < 1.29 is 9.84 Å². The first-order chi connectivity index (χ1) is 13.5. The third-order valence-corrected chi connectivity index (χ3v) is 5.29. The summed E-state index contributed by atoms with van der Waals surface area (Å²) in [4.78, 5) is 6.84. The molecule has 0 radical (unpaired) electrons. The first kappa shape index (κ1) is 18.7. The van der Waals surface area contributed by atoms with E-state index < -0.39 is 6.10 Å². The molecule has 0 bridgehead atoms. The van der Waals surface area contributed by atoms with Gasteiger partial charge in [-0.1, -0.05) is 18.2 Å². The van der Waals surface area contributed by atoms with Gasteiger partial charge >= 0.3 is 0 Å². The van der Waals surface area contributed by atoms with Crippen molar-refractivity contribution in [1.82, 2.24) is 19.5 Å². The number of aliphatic hydroxyl groups excluding tert-OH is 1. The Kier molecular flexibility index (Phi) is 5.15. The Morgan fingerprint density at radius 2 is 1.96 bits per heavy atom. The molecule has 3 heterocycles. The first-order valence-electron chi connectivity index (χ1n) is 9.61. The molecule has 3 aromatic rings. The maximum absolute atomic E-state index is 10.5. The molecule has 0 saturated heterocycles. The Morgan fingerprint density at radius 1 is 1.18 bits per heavy atom. The lowest BCUT2D eigenvalue weighted by Gasteiger charge is -2.28. The van der Waals surface area contributed by atoms with Crippen LogP contribution in [0.5, 0.6) is 5.75 Å². The maximum atomic E-state index is 10.5. The van der Waals surface area contributed by atoms with Crippen molar-refractivity contribution in [2.45, 2.75) is 26.4 Å². The van der Waals surface area contributed by atoms with E-state index in [1.54, 1.807) is 7.11 Å². The summed E-state index contributed by atoms with van der Waals surface area (Å²) in [6, 6.07) is 11.7. The molecule has 6 heteroatoms. The summed E-state index contributed by atoms with van der Waals surface area (Å²) in [5.41, 5.74) is 6.15. The van der Waals surface area contributed by atoms with Gasteiger partial charge in [-0.25, -0.2) is 9.50 Å². The number of nitrogens with zero attached hydrogens (tertiary/aromatic N) is 4. The molecule has 0 spiro atoms. The zero-order valence-electron chi connectivity index (χ0n) is 16.6. The van der Waals surface area contributed by atoms with Crippen LogP contribution in [-0.2, 0) is 0 Å². The van der Waals surface area contributed by atoms with Gasteiger partial charge in [0.05, 0.1) is 18.9 Å². The topological polar surface area (TPSA) is 62.9 Å². The molecule has 2 aromatic heterocycles. The van der Waals surface area contributed by atoms with Crippen LogP contribution in [0.1, 0.15) is 35.2 Å². The molecular weight excluding hydrogens is 352 g/mol. The van der Waals surface area contributed by atoms with Gasteiger partial charge in [-0.05, 0) is 49.6 Å². The Hall–Kier alpha value is -2.70. The lowest BCUT2D eigenvalue weighted by atomic mass is 10.0. The molecule has 0 aliphatic carbocycles. The molecule has 146 valence electrons. The van der Waals surface area contributed by atoms with Crippen molar-refractivity contribution in [1.29, 1.82) is 0 Å². The Labute approximate surface area is 165 Å². The van der Waals surface area contributed by atoms with E-state index in [0.717, 1.165) is 53.6 Å². The van der Waals surface area contributed by atoms with Crippen molar-refractivity contribution in [3.63, 3.8) is 0 Å². The maximum Gasteiger partial charge on any atom is 0.156 e. The minimum Gasteiger partial charge on any atom is -0.497 e. The van der Waals surface area contributed by atoms with E-state index in [-0.39, 0.29) is 0 Å². The van der Waals surface area contributed by atoms with E-state index in [1.165, 1.54) is 5.57 Å². The highest BCUT2D eigenvalue weighted by molar-refractivity contribution is 5.67. The van der Waals surface area contributed by atoms with E-state index in [9.17, 15) is 5.11 Å². The monoisotopic (exact) mass is 378 g/mol. The second-order valence-electron chi connectivity index (χ2n) is 7.37. The molecule has 4 rings (SSSR count). The molecular formula is C22H26N4O2. The van der Waals surface area contributed by atoms with Crippen LogP contribution in [0.15, 0.2) is 42.5 Å². The fraction of sp³-hybridized carbons (Fsp3) is 0.364. The van der Waals surface area contributed by atoms with Crippen LogP contribution in [0.25, 0.3) is 11.2 Å². The third kappa shape index (κ3) is 3.79. The number of hydrogen-bond donors (Lipinski definition) is 1. The normalized spacial score (nSPS) is 16.2. The molecule has 1 atom stereocenters. The van der Waals surface area contributed by atoms with Gasteiger partial charge in [0, 0.05) is 37.1 Å². The molecule has 1 aromatic carbocycles. The molecule has 1 aliphatic heterocycles. The van der Waals surface area contributed by atoms with E-state index in [1.807, 2.05) is 41.8 Å². The molecule has 1 N–H and O–H groups in total. The van der Waals surface area contributed by atoms with E-state index in [0.29, 0.717) is 6.54 Å². The highest BCUT2D eigenvalue weighted by Crippen LogP contribution is 2.25. The quantitative estimate of drug-likeness (QED) is 0.739. The summed E-state index contributed by atoms with van der Waals surface area (Å²) < 4.78 is 7.08. The van der Waals surface area contributed by atoms with Gasteiger partial charge < -0.3 is 9.84 Å². The van der Waals surface area contributed by atoms with Gasteiger partial charge in [0.1, 0.15) is 5.75 Å². The van der Waals surface area contributed by atoms with Gasteiger partial charge in [-0.15, -0.1) is 0 Å². The molecule has 0 saturated carbocycles. The highest BCUT2D eigenvalue weighted by atomic mass is 16.5. The number of hydrogen-bond acceptors (Lipinski definition) is 5. The largest absolute Gasteiger partial charge is 0.497 e. The van der Waals surface area contributed by atoms with Crippen LogP contribution in [0.2, 0.25) is 0 Å². The summed E-state index contributed by atoms with van der Waals surface area (Å²) in [6.07, 6.45) is 2.62. The van der Waals surface area contributed by atoms with E-state index >= 15 is 0 Å². The van der Waals surface area contributed by atoms with Crippen LogP contribution in [0.3, 0.4) is 0 Å². The minimum atomic E-state index is -0.508. The summed E-state index contributed by atoms with van der Waals surface area (Å²) >= 11 is 0. The van der Waals surface area contributed by atoms with Crippen molar-refractivity contribution >= 4 is 11.2 Å². The van der Waals surface area contributed by atoms with Crippen molar-refractivity contribution in [2.75, 3.05) is 26.7 Å². The minimum absolute atomic E-state index is 0.508. The number of methoxy groups -OCH3 is 1. The van der Waals surface area contributed by atoms with E-state index in [2.05, 4.69) is 29.0 Å². The Balaban J connectivity index is 1.43. The molecule has 0 amide bonds. The Bertz CT molecular complexity index is 1010. The average molecular weight is 378 g/mol. The predicted molar refractivity (Wildman–Crippen MR) is 109 cm³/mol.